The SMILES string of the molecule is COc1ccc(-c2c/c(=N\Nc3ccccc3)c3c(C)cc(C)cc3o2)cc1. The molecule has 4 nitrogen and oxygen atoms in total. The number of benzene rings is 3. The molecule has 4 rings (SSSR count). The molecule has 0 saturated carbocycles. The summed E-state index contributed by atoms with van der Waals surface area (Å²) >= 11 is 0. The highest BCUT2D eigenvalue weighted by molar-refractivity contribution is 5.82. The molecule has 0 spiro atoms. The summed E-state index contributed by atoms with van der Waals surface area (Å²) in [7, 11) is 1.66. The molecule has 4 heteroatoms. The fourth-order valence-corrected chi connectivity index (χ4v) is 3.30. The van der Waals surface area contributed by atoms with E-state index in [9.17, 15) is 0 Å². The van der Waals surface area contributed by atoms with Crippen LogP contribution in [0.3, 0.4) is 0 Å². The van der Waals surface area contributed by atoms with E-state index >= 15 is 0 Å². The second-order valence-electron chi connectivity index (χ2n) is 6.77. The van der Waals surface area contributed by atoms with Crippen molar-refractivity contribution in [1.82, 2.24) is 0 Å². The van der Waals surface area contributed by atoms with E-state index in [0.29, 0.717) is 0 Å². The third-order valence-electron chi connectivity index (χ3n) is 4.64. The van der Waals surface area contributed by atoms with Gasteiger partial charge in [0.1, 0.15) is 17.1 Å². The van der Waals surface area contributed by atoms with E-state index in [4.69, 9.17) is 9.15 Å². The molecule has 1 aromatic heterocycles. The fraction of sp³-hybridized carbons (Fsp3) is 0.125. The Morgan fingerprint density at radius 2 is 1.64 bits per heavy atom. The molecule has 0 saturated heterocycles. The van der Waals surface area contributed by atoms with E-state index in [1.165, 1.54) is 0 Å². The first-order valence-corrected chi connectivity index (χ1v) is 9.18. The number of hydrogen-bond donors (Lipinski definition) is 1. The highest BCUT2D eigenvalue weighted by atomic mass is 16.5. The molecule has 4 aromatic rings. The lowest BCUT2D eigenvalue weighted by molar-refractivity contribution is 0.415. The van der Waals surface area contributed by atoms with Gasteiger partial charge >= 0.3 is 0 Å². The van der Waals surface area contributed by atoms with Crippen LogP contribution in [-0.2, 0) is 0 Å². The van der Waals surface area contributed by atoms with E-state index in [1.54, 1.807) is 7.11 Å². The van der Waals surface area contributed by atoms with Gasteiger partial charge < -0.3 is 9.15 Å². The lowest BCUT2D eigenvalue weighted by Gasteiger charge is -2.09. The van der Waals surface area contributed by atoms with Gasteiger partial charge in [-0.3, -0.25) is 5.43 Å². The number of hydrogen-bond acceptors (Lipinski definition) is 4. The molecular weight excluding hydrogens is 348 g/mol. The van der Waals surface area contributed by atoms with E-state index < -0.39 is 0 Å². The zero-order valence-corrected chi connectivity index (χ0v) is 16.2. The minimum atomic E-state index is 0.758. The standard InChI is InChI=1S/C24H22N2O2/c1-16-13-17(2)24-21(26-25-19-7-5-4-6-8-19)15-22(28-23(24)14-16)18-9-11-20(27-3)12-10-18/h4-15,25H,1-3H3/b26-21+. The molecule has 140 valence electrons. The number of fused-ring (bicyclic) bond motifs is 1. The number of aryl methyl sites for hydroxylation is 2. The predicted octanol–water partition coefficient (Wildman–Crippen LogP) is 5.65. The Morgan fingerprint density at radius 3 is 2.36 bits per heavy atom. The Labute approximate surface area is 164 Å². The lowest BCUT2D eigenvalue weighted by atomic mass is 10.0. The van der Waals surface area contributed by atoms with Crippen molar-refractivity contribution in [2.45, 2.75) is 13.8 Å². The average molecular weight is 370 g/mol. The summed E-state index contributed by atoms with van der Waals surface area (Å²) in [6.07, 6.45) is 0. The Kier molecular flexibility index (Phi) is 4.85. The van der Waals surface area contributed by atoms with Crippen LogP contribution in [0.1, 0.15) is 11.1 Å². The molecule has 0 aliphatic heterocycles. The summed E-state index contributed by atoms with van der Waals surface area (Å²) in [6, 6.07) is 23.9. The first-order valence-electron chi connectivity index (χ1n) is 9.18. The maximum atomic E-state index is 6.25. The molecule has 0 fully saturated rings. The average Bonchev–Trinajstić information content (AvgIpc) is 2.72. The smallest absolute Gasteiger partial charge is 0.137 e. The molecule has 0 aliphatic carbocycles. The zero-order valence-electron chi connectivity index (χ0n) is 16.2. The van der Waals surface area contributed by atoms with Gasteiger partial charge in [0, 0.05) is 17.0 Å². The molecule has 3 aromatic carbocycles. The number of nitrogens with zero attached hydrogens (tertiary/aromatic N) is 1. The molecular formula is C24H22N2O2. The molecule has 0 bridgehead atoms. The van der Waals surface area contributed by atoms with Crippen LogP contribution >= 0.6 is 0 Å². The molecule has 0 radical (unpaired) electrons. The Morgan fingerprint density at radius 1 is 0.893 bits per heavy atom. The summed E-state index contributed by atoms with van der Waals surface area (Å²) < 4.78 is 11.5. The van der Waals surface area contributed by atoms with Crippen LogP contribution in [0, 0.1) is 13.8 Å². The van der Waals surface area contributed by atoms with Crippen molar-refractivity contribution in [1.29, 1.82) is 0 Å². The quantitative estimate of drug-likeness (QED) is 0.472. The molecule has 0 aliphatic rings. The third-order valence-corrected chi connectivity index (χ3v) is 4.64. The monoisotopic (exact) mass is 370 g/mol. The number of methoxy groups -OCH3 is 1. The molecule has 1 N–H and O–H groups in total. The van der Waals surface area contributed by atoms with E-state index in [0.717, 1.165) is 50.2 Å². The maximum Gasteiger partial charge on any atom is 0.137 e. The van der Waals surface area contributed by atoms with Crippen LogP contribution < -0.4 is 15.5 Å². The molecule has 28 heavy (non-hydrogen) atoms. The summed E-state index contributed by atoms with van der Waals surface area (Å²) in [5.74, 6) is 1.57. The summed E-state index contributed by atoms with van der Waals surface area (Å²) in [6.45, 7) is 4.15. The van der Waals surface area contributed by atoms with Crippen LogP contribution in [0.2, 0.25) is 0 Å². The van der Waals surface area contributed by atoms with Crippen LogP contribution in [0.25, 0.3) is 22.3 Å². The van der Waals surface area contributed by atoms with Crippen molar-refractivity contribution in [3.63, 3.8) is 0 Å². The first-order chi connectivity index (χ1) is 13.6. The number of nitrogens with one attached hydrogen (secondary N) is 1. The molecule has 1 heterocycles. The van der Waals surface area contributed by atoms with Crippen molar-refractivity contribution in [2.24, 2.45) is 5.10 Å². The maximum absolute atomic E-state index is 6.25. The van der Waals surface area contributed by atoms with E-state index in [2.05, 4.69) is 36.5 Å². The van der Waals surface area contributed by atoms with Gasteiger partial charge in [0.15, 0.2) is 0 Å². The predicted molar refractivity (Wildman–Crippen MR) is 113 cm³/mol. The van der Waals surface area contributed by atoms with Gasteiger partial charge in [0.25, 0.3) is 0 Å². The van der Waals surface area contributed by atoms with Gasteiger partial charge in [-0.25, -0.2) is 0 Å². The van der Waals surface area contributed by atoms with Crippen molar-refractivity contribution >= 4 is 16.7 Å². The van der Waals surface area contributed by atoms with Gasteiger partial charge in [-0.1, -0.05) is 24.3 Å². The Bertz CT molecular complexity index is 1180. The van der Waals surface area contributed by atoms with Gasteiger partial charge in [-0.15, -0.1) is 0 Å². The van der Waals surface area contributed by atoms with Crippen LogP contribution in [0.15, 0.2) is 82.3 Å². The lowest BCUT2D eigenvalue weighted by Crippen LogP contribution is -2.09. The summed E-state index contributed by atoms with van der Waals surface area (Å²) in [4.78, 5) is 0. The molecule has 0 atom stereocenters. The minimum absolute atomic E-state index is 0.758. The second kappa shape index (κ2) is 7.61. The topological polar surface area (TPSA) is 46.8 Å². The van der Waals surface area contributed by atoms with Gasteiger partial charge in [0.05, 0.1) is 18.2 Å². The van der Waals surface area contributed by atoms with E-state index in [1.807, 2.05) is 60.7 Å². The summed E-state index contributed by atoms with van der Waals surface area (Å²) in [5, 5.41) is 6.53. The van der Waals surface area contributed by atoms with Crippen molar-refractivity contribution in [3.8, 4) is 17.1 Å². The van der Waals surface area contributed by atoms with Crippen molar-refractivity contribution in [2.75, 3.05) is 12.5 Å². The van der Waals surface area contributed by atoms with Gasteiger partial charge in [-0.05, 0) is 67.4 Å². The minimum Gasteiger partial charge on any atom is -0.497 e. The van der Waals surface area contributed by atoms with Gasteiger partial charge in [-0.2, -0.15) is 5.10 Å². The van der Waals surface area contributed by atoms with E-state index in [-0.39, 0.29) is 0 Å². The van der Waals surface area contributed by atoms with Gasteiger partial charge in [0.2, 0.25) is 0 Å². The second-order valence-corrected chi connectivity index (χ2v) is 6.77. The van der Waals surface area contributed by atoms with Crippen LogP contribution in [0.4, 0.5) is 5.69 Å². The highest BCUT2D eigenvalue weighted by Crippen LogP contribution is 2.26. The summed E-state index contributed by atoms with van der Waals surface area (Å²) in [5.41, 5.74) is 8.17. The number of ether oxygens (including phenoxy) is 1. The molecule has 0 unspecified atom stereocenters. The Balaban J connectivity index is 1.90. The Hall–Kier alpha value is -3.53. The van der Waals surface area contributed by atoms with Crippen molar-refractivity contribution < 1.29 is 9.15 Å². The first kappa shape index (κ1) is 17.9. The fourth-order valence-electron chi connectivity index (χ4n) is 3.30. The largest absolute Gasteiger partial charge is 0.497 e. The molecule has 0 amide bonds. The van der Waals surface area contributed by atoms with Crippen molar-refractivity contribution in [3.05, 3.63) is 89.3 Å². The number of para-hydroxylation sites is 1. The van der Waals surface area contributed by atoms with Crippen LogP contribution in [0.5, 0.6) is 5.75 Å². The third kappa shape index (κ3) is 3.62. The van der Waals surface area contributed by atoms with Crippen LogP contribution in [-0.4, -0.2) is 7.11 Å². The highest BCUT2D eigenvalue weighted by Gasteiger charge is 2.09. The number of anilines is 1. The zero-order chi connectivity index (χ0) is 19.5. The normalized spacial score (nSPS) is 11.6. The number of rotatable bonds is 4.